The zero-order valence-electron chi connectivity index (χ0n) is 10.2. The van der Waals surface area contributed by atoms with E-state index in [4.69, 9.17) is 5.73 Å². The molecule has 0 fully saturated rings. The molecule has 0 radical (unpaired) electrons. The molecule has 1 aromatic carbocycles. The minimum atomic E-state index is -0.222. The summed E-state index contributed by atoms with van der Waals surface area (Å²) in [6.45, 7) is 0.477. The van der Waals surface area contributed by atoms with Gasteiger partial charge in [-0.3, -0.25) is 9.59 Å². The first kappa shape index (κ1) is 16.4. The van der Waals surface area contributed by atoms with Gasteiger partial charge in [0, 0.05) is 13.5 Å². The maximum Gasteiger partial charge on any atom is 0.253 e. The molecule has 1 aromatic rings. The minimum Gasteiger partial charge on any atom is -0.355 e. The molecule has 18 heavy (non-hydrogen) atoms. The Morgan fingerprint density at radius 1 is 1.28 bits per heavy atom. The summed E-state index contributed by atoms with van der Waals surface area (Å²) in [4.78, 5) is 23.1. The van der Waals surface area contributed by atoms with Crippen molar-refractivity contribution in [2.75, 3.05) is 18.9 Å². The number of hydrogen-bond acceptors (Lipinski definition) is 3. The largest absolute Gasteiger partial charge is 0.355 e. The van der Waals surface area contributed by atoms with Gasteiger partial charge in [-0.05, 0) is 25.1 Å². The maximum absolute atomic E-state index is 11.5. The summed E-state index contributed by atoms with van der Waals surface area (Å²) in [6.07, 6.45) is 0.993. The number of carbonyl (C=O) groups is 2. The van der Waals surface area contributed by atoms with Gasteiger partial charge >= 0.3 is 0 Å². The van der Waals surface area contributed by atoms with E-state index >= 15 is 0 Å². The number of para-hydroxylation sites is 1. The van der Waals surface area contributed by atoms with E-state index in [2.05, 4.69) is 10.6 Å². The molecular formula is C12H18ClN3O2. The van der Waals surface area contributed by atoms with E-state index in [9.17, 15) is 9.59 Å². The van der Waals surface area contributed by atoms with E-state index in [1.165, 1.54) is 0 Å². The van der Waals surface area contributed by atoms with Crippen LogP contribution in [0, 0.1) is 0 Å². The fourth-order valence-corrected chi connectivity index (χ4v) is 1.40. The molecule has 1 rings (SSSR count). The van der Waals surface area contributed by atoms with E-state index in [0.717, 1.165) is 0 Å². The Morgan fingerprint density at radius 2 is 1.94 bits per heavy atom. The number of anilines is 1. The highest BCUT2D eigenvalue weighted by molar-refractivity contribution is 6.03. The van der Waals surface area contributed by atoms with E-state index in [0.29, 0.717) is 30.6 Å². The molecule has 0 heterocycles. The van der Waals surface area contributed by atoms with Crippen molar-refractivity contribution in [1.29, 1.82) is 0 Å². The molecule has 0 saturated carbocycles. The van der Waals surface area contributed by atoms with Crippen molar-refractivity contribution in [3.63, 3.8) is 0 Å². The van der Waals surface area contributed by atoms with Crippen LogP contribution in [-0.2, 0) is 4.79 Å². The van der Waals surface area contributed by atoms with Gasteiger partial charge < -0.3 is 16.4 Å². The highest BCUT2D eigenvalue weighted by Gasteiger charge is 2.10. The number of hydrogen-bond donors (Lipinski definition) is 3. The lowest BCUT2D eigenvalue weighted by molar-refractivity contribution is -0.116. The predicted molar refractivity (Wildman–Crippen MR) is 74.0 cm³/mol. The predicted octanol–water partition coefficient (Wildman–Crippen LogP) is 1.15. The van der Waals surface area contributed by atoms with Crippen LogP contribution in [0.15, 0.2) is 24.3 Å². The van der Waals surface area contributed by atoms with Gasteiger partial charge in [0.05, 0.1) is 11.3 Å². The zero-order chi connectivity index (χ0) is 12.7. The Hall–Kier alpha value is -1.59. The molecule has 0 spiro atoms. The van der Waals surface area contributed by atoms with Crippen molar-refractivity contribution in [3.8, 4) is 0 Å². The van der Waals surface area contributed by atoms with Crippen molar-refractivity contribution in [2.45, 2.75) is 12.8 Å². The van der Waals surface area contributed by atoms with Gasteiger partial charge in [0.1, 0.15) is 0 Å². The van der Waals surface area contributed by atoms with E-state index < -0.39 is 0 Å². The molecule has 0 aliphatic carbocycles. The average Bonchev–Trinajstić information content (AvgIpc) is 2.36. The summed E-state index contributed by atoms with van der Waals surface area (Å²) >= 11 is 0. The fraction of sp³-hybridized carbons (Fsp3) is 0.333. The summed E-state index contributed by atoms with van der Waals surface area (Å²) in [7, 11) is 1.55. The summed E-state index contributed by atoms with van der Waals surface area (Å²) < 4.78 is 0. The van der Waals surface area contributed by atoms with Crippen LogP contribution in [0.4, 0.5) is 5.69 Å². The maximum atomic E-state index is 11.5. The first-order valence-electron chi connectivity index (χ1n) is 5.50. The van der Waals surface area contributed by atoms with Gasteiger partial charge in [-0.25, -0.2) is 0 Å². The zero-order valence-corrected chi connectivity index (χ0v) is 11.0. The number of halogens is 1. The normalized spacial score (nSPS) is 9.22. The van der Waals surface area contributed by atoms with Crippen molar-refractivity contribution < 1.29 is 9.59 Å². The molecule has 0 bridgehead atoms. The number of benzene rings is 1. The van der Waals surface area contributed by atoms with Gasteiger partial charge in [0.15, 0.2) is 0 Å². The van der Waals surface area contributed by atoms with Crippen LogP contribution >= 0.6 is 12.4 Å². The van der Waals surface area contributed by atoms with Crippen LogP contribution < -0.4 is 16.4 Å². The average molecular weight is 272 g/mol. The quantitative estimate of drug-likeness (QED) is 0.751. The van der Waals surface area contributed by atoms with Crippen molar-refractivity contribution in [2.24, 2.45) is 5.73 Å². The highest BCUT2D eigenvalue weighted by atomic mass is 35.5. The summed E-state index contributed by atoms with van der Waals surface area (Å²) in [5.41, 5.74) is 6.30. The molecule has 0 atom stereocenters. The molecule has 2 amide bonds. The Morgan fingerprint density at radius 3 is 2.56 bits per heavy atom. The fourth-order valence-electron chi connectivity index (χ4n) is 1.40. The summed E-state index contributed by atoms with van der Waals surface area (Å²) in [5.74, 6) is -0.355. The minimum absolute atomic E-state index is 0. The van der Waals surface area contributed by atoms with Crippen LogP contribution in [-0.4, -0.2) is 25.4 Å². The number of nitrogens with one attached hydrogen (secondary N) is 2. The van der Waals surface area contributed by atoms with Gasteiger partial charge in [-0.15, -0.1) is 12.4 Å². The van der Waals surface area contributed by atoms with Crippen LogP contribution in [0.3, 0.4) is 0 Å². The Balaban J connectivity index is 0.00000289. The van der Waals surface area contributed by atoms with Gasteiger partial charge in [-0.2, -0.15) is 0 Å². The van der Waals surface area contributed by atoms with Crippen molar-refractivity contribution >= 4 is 29.9 Å². The molecule has 5 nitrogen and oxygen atoms in total. The monoisotopic (exact) mass is 271 g/mol. The van der Waals surface area contributed by atoms with E-state index in [1.54, 1.807) is 31.3 Å². The highest BCUT2D eigenvalue weighted by Crippen LogP contribution is 2.15. The van der Waals surface area contributed by atoms with Crippen molar-refractivity contribution in [3.05, 3.63) is 29.8 Å². The second kappa shape index (κ2) is 8.49. The third-order valence-electron chi connectivity index (χ3n) is 2.28. The molecule has 0 aliphatic rings. The summed E-state index contributed by atoms with van der Waals surface area (Å²) in [6, 6.07) is 6.88. The lowest BCUT2D eigenvalue weighted by atomic mass is 10.1. The van der Waals surface area contributed by atoms with Crippen LogP contribution in [0.25, 0.3) is 0 Å². The van der Waals surface area contributed by atoms with Gasteiger partial charge in [0.2, 0.25) is 5.91 Å². The molecular weight excluding hydrogens is 254 g/mol. The number of rotatable bonds is 5. The number of carbonyl (C=O) groups excluding carboxylic acids is 2. The SMILES string of the molecule is CNC(=O)c1ccccc1NC(=O)CCCN.Cl. The topological polar surface area (TPSA) is 84.2 Å². The van der Waals surface area contributed by atoms with Crippen LogP contribution in [0.5, 0.6) is 0 Å². The molecule has 0 saturated heterocycles. The molecule has 6 heteroatoms. The van der Waals surface area contributed by atoms with Crippen molar-refractivity contribution in [1.82, 2.24) is 5.32 Å². The van der Waals surface area contributed by atoms with Crippen LogP contribution in [0.1, 0.15) is 23.2 Å². The molecule has 4 N–H and O–H groups in total. The molecule has 100 valence electrons. The van der Waals surface area contributed by atoms with Gasteiger partial charge in [0.25, 0.3) is 5.91 Å². The Kier molecular flexibility index (Phi) is 7.74. The van der Waals surface area contributed by atoms with Gasteiger partial charge in [-0.1, -0.05) is 12.1 Å². The van der Waals surface area contributed by atoms with Crippen LogP contribution in [0.2, 0.25) is 0 Å². The first-order valence-corrected chi connectivity index (χ1v) is 5.50. The lowest BCUT2D eigenvalue weighted by Crippen LogP contribution is -2.21. The lowest BCUT2D eigenvalue weighted by Gasteiger charge is -2.09. The molecule has 0 unspecified atom stereocenters. The molecule has 0 aliphatic heterocycles. The number of amides is 2. The number of nitrogens with two attached hydrogens (primary N) is 1. The first-order chi connectivity index (χ1) is 8.19. The summed E-state index contributed by atoms with van der Waals surface area (Å²) in [5, 5.41) is 5.23. The third kappa shape index (κ3) is 4.73. The smallest absolute Gasteiger partial charge is 0.253 e. The molecule has 0 aromatic heterocycles. The second-order valence-corrected chi connectivity index (χ2v) is 3.57. The second-order valence-electron chi connectivity index (χ2n) is 3.57. The Labute approximate surface area is 113 Å². The third-order valence-corrected chi connectivity index (χ3v) is 2.28. The Bertz CT molecular complexity index is 410. The van der Waals surface area contributed by atoms with E-state index in [-0.39, 0.29) is 24.2 Å². The van der Waals surface area contributed by atoms with E-state index in [1.807, 2.05) is 0 Å². The standard InChI is InChI=1S/C12H17N3O2.ClH/c1-14-12(17)9-5-2-3-6-10(9)15-11(16)7-4-8-13;/h2-3,5-6H,4,7-8,13H2,1H3,(H,14,17)(H,15,16);1H.